The smallest absolute Gasteiger partial charge is 0.185 e. The molecule has 0 spiro atoms. The Kier molecular flexibility index (Phi) is 5.20. The first kappa shape index (κ1) is 15.6. The molecule has 0 aliphatic rings. The van der Waals surface area contributed by atoms with Crippen LogP contribution in [-0.4, -0.2) is 27.1 Å². The van der Waals surface area contributed by atoms with Crippen molar-refractivity contribution in [2.75, 3.05) is 21.3 Å². The van der Waals surface area contributed by atoms with Crippen molar-refractivity contribution < 1.29 is 19.0 Å². The van der Waals surface area contributed by atoms with Gasteiger partial charge in [-0.25, -0.2) is 0 Å². The molecule has 0 unspecified atom stereocenters. The van der Waals surface area contributed by atoms with Crippen LogP contribution < -0.4 is 14.2 Å². The van der Waals surface area contributed by atoms with Gasteiger partial charge in [0.25, 0.3) is 0 Å². The van der Waals surface area contributed by atoms with Gasteiger partial charge in [-0.2, -0.15) is 0 Å². The summed E-state index contributed by atoms with van der Waals surface area (Å²) in [5, 5.41) is 0. The summed E-state index contributed by atoms with van der Waals surface area (Å²) in [6.07, 6.45) is 3.26. The lowest BCUT2D eigenvalue weighted by Gasteiger charge is -2.05. The fourth-order valence-corrected chi connectivity index (χ4v) is 1.95. The number of ketones is 1. The van der Waals surface area contributed by atoms with Crippen molar-refractivity contribution in [2.45, 2.75) is 0 Å². The number of methoxy groups -OCH3 is 3. The molecule has 0 aliphatic carbocycles. The van der Waals surface area contributed by atoms with Gasteiger partial charge in [-0.1, -0.05) is 6.08 Å². The maximum atomic E-state index is 12.1. The van der Waals surface area contributed by atoms with Crippen LogP contribution >= 0.6 is 0 Å². The van der Waals surface area contributed by atoms with Gasteiger partial charge in [0.15, 0.2) is 5.78 Å². The maximum Gasteiger partial charge on any atom is 0.185 e. The van der Waals surface area contributed by atoms with E-state index in [-0.39, 0.29) is 5.78 Å². The molecule has 22 heavy (non-hydrogen) atoms. The van der Waals surface area contributed by atoms with Crippen molar-refractivity contribution in [2.24, 2.45) is 0 Å². The molecule has 2 rings (SSSR count). The minimum atomic E-state index is -0.0792. The average molecular weight is 298 g/mol. The van der Waals surface area contributed by atoms with Gasteiger partial charge in [0.2, 0.25) is 0 Å². The van der Waals surface area contributed by atoms with Crippen LogP contribution in [-0.2, 0) is 0 Å². The van der Waals surface area contributed by atoms with Crippen molar-refractivity contribution in [1.82, 2.24) is 0 Å². The Morgan fingerprint density at radius 3 is 1.86 bits per heavy atom. The average Bonchev–Trinajstić information content (AvgIpc) is 2.59. The third-order valence-corrected chi connectivity index (χ3v) is 3.18. The van der Waals surface area contributed by atoms with Gasteiger partial charge >= 0.3 is 0 Å². The number of hydrogen-bond donors (Lipinski definition) is 0. The van der Waals surface area contributed by atoms with Crippen LogP contribution in [0.25, 0.3) is 6.08 Å². The highest BCUT2D eigenvalue weighted by Gasteiger charge is 2.03. The summed E-state index contributed by atoms with van der Waals surface area (Å²) in [6, 6.07) is 12.4. The molecule has 4 nitrogen and oxygen atoms in total. The van der Waals surface area contributed by atoms with Crippen molar-refractivity contribution in [3.63, 3.8) is 0 Å². The second-order valence-corrected chi connectivity index (χ2v) is 4.57. The molecule has 0 amide bonds. The summed E-state index contributed by atoms with van der Waals surface area (Å²) in [7, 11) is 4.77. The minimum Gasteiger partial charge on any atom is -0.497 e. The van der Waals surface area contributed by atoms with Crippen molar-refractivity contribution >= 4 is 11.9 Å². The third kappa shape index (κ3) is 3.88. The molecule has 0 fully saturated rings. The molecule has 0 N–H and O–H groups in total. The number of hydrogen-bond acceptors (Lipinski definition) is 4. The predicted molar refractivity (Wildman–Crippen MR) is 85.9 cm³/mol. The highest BCUT2D eigenvalue weighted by atomic mass is 16.5. The molecule has 0 atom stereocenters. The van der Waals surface area contributed by atoms with Crippen LogP contribution in [0.5, 0.6) is 17.2 Å². The fraction of sp³-hybridized carbons (Fsp3) is 0.167. The van der Waals surface area contributed by atoms with Crippen LogP contribution in [0, 0.1) is 0 Å². The van der Waals surface area contributed by atoms with Gasteiger partial charge in [0.1, 0.15) is 17.2 Å². The van der Waals surface area contributed by atoms with E-state index in [1.54, 1.807) is 57.7 Å². The summed E-state index contributed by atoms with van der Waals surface area (Å²) in [5.41, 5.74) is 1.44. The topological polar surface area (TPSA) is 44.8 Å². The molecule has 0 bridgehead atoms. The molecular formula is C18H18O4. The Balaban J connectivity index is 2.17. The summed E-state index contributed by atoms with van der Waals surface area (Å²) >= 11 is 0. The zero-order valence-electron chi connectivity index (χ0n) is 12.8. The molecule has 4 heteroatoms. The molecule has 2 aromatic carbocycles. The monoisotopic (exact) mass is 298 g/mol. The first-order chi connectivity index (χ1) is 10.7. The van der Waals surface area contributed by atoms with Crippen molar-refractivity contribution in [1.29, 1.82) is 0 Å². The predicted octanol–water partition coefficient (Wildman–Crippen LogP) is 3.61. The summed E-state index contributed by atoms with van der Waals surface area (Å²) in [6.45, 7) is 0. The minimum absolute atomic E-state index is 0.0792. The van der Waals surface area contributed by atoms with Crippen molar-refractivity contribution in [3.05, 3.63) is 59.7 Å². The van der Waals surface area contributed by atoms with Crippen LogP contribution in [0.2, 0.25) is 0 Å². The standard InChI is InChI=1S/C18H18O4/c1-20-15-7-5-14(6-8-15)18(19)9-4-13-10-16(21-2)12-17(11-13)22-3/h4-12H,1-3H3/b9-4+. The number of carbonyl (C=O) groups is 1. The van der Waals surface area contributed by atoms with Gasteiger partial charge in [-0.05, 0) is 48.0 Å². The van der Waals surface area contributed by atoms with Gasteiger partial charge in [0.05, 0.1) is 21.3 Å². The molecule has 0 aromatic heterocycles. The van der Waals surface area contributed by atoms with Crippen molar-refractivity contribution in [3.8, 4) is 17.2 Å². The molecule has 0 saturated carbocycles. The molecule has 114 valence electrons. The molecule has 0 radical (unpaired) electrons. The number of rotatable bonds is 6. The second kappa shape index (κ2) is 7.31. The van der Waals surface area contributed by atoms with E-state index in [0.29, 0.717) is 17.1 Å². The van der Waals surface area contributed by atoms with Crippen LogP contribution in [0.15, 0.2) is 48.5 Å². The lowest BCUT2D eigenvalue weighted by atomic mass is 10.1. The van der Waals surface area contributed by atoms with Gasteiger partial charge < -0.3 is 14.2 Å². The highest BCUT2D eigenvalue weighted by Crippen LogP contribution is 2.23. The van der Waals surface area contributed by atoms with E-state index in [1.165, 1.54) is 6.08 Å². The zero-order valence-corrected chi connectivity index (χ0v) is 12.8. The normalized spacial score (nSPS) is 10.5. The largest absolute Gasteiger partial charge is 0.497 e. The van der Waals surface area contributed by atoms with Crippen LogP contribution in [0.3, 0.4) is 0 Å². The van der Waals surface area contributed by atoms with E-state index in [1.807, 2.05) is 12.1 Å². The van der Waals surface area contributed by atoms with Gasteiger partial charge in [-0.15, -0.1) is 0 Å². The summed E-state index contributed by atoms with van der Waals surface area (Å²) < 4.78 is 15.5. The third-order valence-electron chi connectivity index (χ3n) is 3.18. The maximum absolute atomic E-state index is 12.1. The Bertz CT molecular complexity index is 650. The number of benzene rings is 2. The van der Waals surface area contributed by atoms with Crippen LogP contribution in [0.1, 0.15) is 15.9 Å². The second-order valence-electron chi connectivity index (χ2n) is 4.57. The highest BCUT2D eigenvalue weighted by molar-refractivity contribution is 6.06. The van der Waals surface area contributed by atoms with E-state index in [2.05, 4.69) is 0 Å². The van der Waals surface area contributed by atoms with Crippen LogP contribution in [0.4, 0.5) is 0 Å². The lowest BCUT2D eigenvalue weighted by Crippen LogP contribution is -1.94. The Morgan fingerprint density at radius 1 is 0.818 bits per heavy atom. The Labute approximate surface area is 129 Å². The summed E-state index contributed by atoms with van der Waals surface area (Å²) in [4.78, 5) is 12.1. The van der Waals surface area contributed by atoms with E-state index in [4.69, 9.17) is 14.2 Å². The lowest BCUT2D eigenvalue weighted by molar-refractivity contribution is 0.104. The first-order valence-electron chi connectivity index (χ1n) is 6.76. The molecule has 0 saturated heterocycles. The fourth-order valence-electron chi connectivity index (χ4n) is 1.95. The van der Waals surface area contributed by atoms with E-state index < -0.39 is 0 Å². The number of carbonyl (C=O) groups excluding carboxylic acids is 1. The van der Waals surface area contributed by atoms with E-state index in [0.717, 1.165) is 11.3 Å². The first-order valence-corrected chi connectivity index (χ1v) is 6.76. The Morgan fingerprint density at radius 2 is 1.36 bits per heavy atom. The Hall–Kier alpha value is -2.75. The molecular weight excluding hydrogens is 280 g/mol. The van der Waals surface area contributed by atoms with Gasteiger partial charge in [0, 0.05) is 11.6 Å². The van der Waals surface area contributed by atoms with Gasteiger partial charge in [-0.3, -0.25) is 4.79 Å². The number of allylic oxidation sites excluding steroid dienone is 1. The SMILES string of the molecule is COc1ccc(C(=O)/C=C/c2cc(OC)cc(OC)c2)cc1. The number of ether oxygens (including phenoxy) is 3. The molecule has 2 aromatic rings. The molecule has 0 aliphatic heterocycles. The zero-order chi connectivity index (χ0) is 15.9. The molecule has 0 heterocycles. The quantitative estimate of drug-likeness (QED) is 0.603. The van der Waals surface area contributed by atoms with E-state index in [9.17, 15) is 4.79 Å². The van der Waals surface area contributed by atoms with E-state index >= 15 is 0 Å². The summed E-state index contributed by atoms with van der Waals surface area (Å²) in [5.74, 6) is 1.99.